The number of halogens is 2. The molecule has 0 unspecified atom stereocenters. The highest BCUT2D eigenvalue weighted by molar-refractivity contribution is 6.36. The van der Waals surface area contributed by atoms with Gasteiger partial charge in [0.1, 0.15) is 0 Å². The number of nitrogens with one attached hydrogen (secondary N) is 1. The zero-order chi connectivity index (χ0) is 18.9. The summed E-state index contributed by atoms with van der Waals surface area (Å²) < 4.78 is 0. The fourth-order valence-corrected chi connectivity index (χ4v) is 3.58. The highest BCUT2D eigenvalue weighted by Crippen LogP contribution is 2.25. The lowest BCUT2D eigenvalue weighted by molar-refractivity contribution is -0.132. The number of carbonyl (C=O) groups is 2. The van der Waals surface area contributed by atoms with E-state index in [1.54, 1.807) is 18.2 Å². The van der Waals surface area contributed by atoms with E-state index >= 15 is 0 Å². The molecule has 0 radical (unpaired) electrons. The molecule has 0 bridgehead atoms. The van der Waals surface area contributed by atoms with Gasteiger partial charge in [-0.1, -0.05) is 43.0 Å². The van der Waals surface area contributed by atoms with Crippen LogP contribution in [0.3, 0.4) is 0 Å². The Labute approximate surface area is 165 Å². The Morgan fingerprint density at radius 2 is 1.81 bits per heavy atom. The molecule has 1 heterocycles. The number of hydrogen-bond donors (Lipinski definition) is 1. The van der Waals surface area contributed by atoms with Gasteiger partial charge in [0.05, 0.1) is 23.8 Å². The van der Waals surface area contributed by atoms with E-state index in [2.05, 4.69) is 5.32 Å². The van der Waals surface area contributed by atoms with E-state index in [1.807, 2.05) is 16.7 Å². The summed E-state index contributed by atoms with van der Waals surface area (Å²) in [5.41, 5.74) is 0.524. The summed E-state index contributed by atoms with van der Waals surface area (Å²) >= 11 is 12.0. The van der Waals surface area contributed by atoms with E-state index in [0.717, 1.165) is 32.4 Å². The third-order valence-corrected chi connectivity index (χ3v) is 4.98. The molecule has 0 aliphatic carbocycles. The average Bonchev–Trinajstić information content (AvgIpc) is 2.87. The lowest BCUT2D eigenvalue weighted by atomic mass is 10.2. The van der Waals surface area contributed by atoms with Crippen LogP contribution in [-0.4, -0.2) is 54.3 Å². The highest BCUT2D eigenvalue weighted by atomic mass is 35.5. The minimum atomic E-state index is -0.189. The van der Waals surface area contributed by atoms with Crippen LogP contribution in [0.5, 0.6) is 0 Å². The van der Waals surface area contributed by atoms with Gasteiger partial charge in [-0.25, -0.2) is 0 Å². The Bertz CT molecular complexity index is 617. The molecule has 1 aromatic carbocycles. The molecule has 26 heavy (non-hydrogen) atoms. The van der Waals surface area contributed by atoms with Crippen LogP contribution in [0.2, 0.25) is 10.0 Å². The molecule has 5 nitrogen and oxygen atoms in total. The van der Waals surface area contributed by atoms with E-state index in [9.17, 15) is 9.59 Å². The first kappa shape index (κ1) is 21.0. The van der Waals surface area contributed by atoms with Crippen LogP contribution in [0.25, 0.3) is 0 Å². The van der Waals surface area contributed by atoms with Gasteiger partial charge in [-0.05, 0) is 44.0 Å². The van der Waals surface area contributed by atoms with Crippen LogP contribution in [0.4, 0.5) is 5.69 Å². The quantitative estimate of drug-likeness (QED) is 0.752. The molecule has 2 rings (SSSR count). The number of anilines is 1. The number of likely N-dealkylation sites (tertiary alicyclic amines) is 1. The lowest BCUT2D eigenvalue weighted by Crippen LogP contribution is -2.43. The average molecular weight is 400 g/mol. The van der Waals surface area contributed by atoms with Gasteiger partial charge in [0.2, 0.25) is 11.8 Å². The molecule has 1 fully saturated rings. The first-order valence-corrected chi connectivity index (χ1v) is 10.00. The van der Waals surface area contributed by atoms with Crippen molar-refractivity contribution >= 4 is 40.7 Å². The fraction of sp³-hybridized carbons (Fsp3) is 0.579. The molecule has 1 aromatic rings. The van der Waals surface area contributed by atoms with E-state index in [0.29, 0.717) is 22.3 Å². The van der Waals surface area contributed by atoms with Gasteiger partial charge < -0.3 is 10.2 Å². The first-order valence-electron chi connectivity index (χ1n) is 9.24. The van der Waals surface area contributed by atoms with Crippen LogP contribution in [-0.2, 0) is 9.59 Å². The summed E-state index contributed by atoms with van der Waals surface area (Å²) in [6, 6.07) is 4.94. The Hall–Kier alpha value is -1.30. The summed E-state index contributed by atoms with van der Waals surface area (Å²) in [5, 5.41) is 3.71. The Kier molecular flexibility index (Phi) is 8.69. The molecule has 1 aliphatic heterocycles. The second-order valence-corrected chi connectivity index (χ2v) is 7.52. The van der Waals surface area contributed by atoms with Gasteiger partial charge in [0.25, 0.3) is 0 Å². The van der Waals surface area contributed by atoms with Crippen molar-refractivity contribution in [3.05, 3.63) is 28.2 Å². The van der Waals surface area contributed by atoms with Gasteiger partial charge in [0, 0.05) is 18.1 Å². The van der Waals surface area contributed by atoms with Crippen molar-refractivity contribution in [3.63, 3.8) is 0 Å². The predicted octanol–water partition coefficient (Wildman–Crippen LogP) is 4.05. The number of hydrogen-bond acceptors (Lipinski definition) is 3. The molecule has 0 aromatic heterocycles. The topological polar surface area (TPSA) is 52.7 Å². The normalized spacial score (nSPS) is 15.0. The van der Waals surface area contributed by atoms with Crippen LogP contribution in [0, 0.1) is 0 Å². The summed E-state index contributed by atoms with van der Waals surface area (Å²) in [7, 11) is 0. The van der Waals surface area contributed by atoms with Gasteiger partial charge >= 0.3 is 0 Å². The smallest absolute Gasteiger partial charge is 0.238 e. The first-order chi connectivity index (χ1) is 12.5. The SMILES string of the molecule is CCCN(CC(=O)Nc1ccc(Cl)cc1Cl)CC(=O)N1CCCCCC1. The van der Waals surface area contributed by atoms with Crippen molar-refractivity contribution in [2.75, 3.05) is 38.0 Å². The Balaban J connectivity index is 1.91. The number of nitrogens with zero attached hydrogens (tertiary/aromatic N) is 2. The maximum absolute atomic E-state index is 12.6. The van der Waals surface area contributed by atoms with E-state index in [-0.39, 0.29) is 24.9 Å². The predicted molar refractivity (Wildman–Crippen MR) is 107 cm³/mol. The van der Waals surface area contributed by atoms with Crippen LogP contribution in [0.15, 0.2) is 18.2 Å². The van der Waals surface area contributed by atoms with Crippen molar-refractivity contribution in [1.29, 1.82) is 0 Å². The summed E-state index contributed by atoms with van der Waals surface area (Å²) in [6.07, 6.45) is 5.38. The number of amides is 2. The van der Waals surface area contributed by atoms with Crippen molar-refractivity contribution in [1.82, 2.24) is 9.80 Å². The van der Waals surface area contributed by atoms with Crippen molar-refractivity contribution in [2.24, 2.45) is 0 Å². The van der Waals surface area contributed by atoms with E-state index in [1.165, 1.54) is 12.8 Å². The Morgan fingerprint density at radius 3 is 2.42 bits per heavy atom. The summed E-state index contributed by atoms with van der Waals surface area (Å²) in [6.45, 7) is 4.82. The zero-order valence-electron chi connectivity index (χ0n) is 15.3. The molecule has 2 amide bonds. The second-order valence-electron chi connectivity index (χ2n) is 6.68. The lowest BCUT2D eigenvalue weighted by Gasteiger charge is -2.26. The van der Waals surface area contributed by atoms with Crippen LogP contribution >= 0.6 is 23.2 Å². The largest absolute Gasteiger partial charge is 0.342 e. The third kappa shape index (κ3) is 6.78. The molecule has 0 spiro atoms. The third-order valence-electron chi connectivity index (χ3n) is 4.43. The van der Waals surface area contributed by atoms with Crippen LogP contribution < -0.4 is 5.32 Å². The van der Waals surface area contributed by atoms with Crippen LogP contribution in [0.1, 0.15) is 39.0 Å². The fourth-order valence-electron chi connectivity index (χ4n) is 3.13. The van der Waals surface area contributed by atoms with Gasteiger partial charge in [-0.15, -0.1) is 0 Å². The molecule has 0 atom stereocenters. The van der Waals surface area contributed by atoms with E-state index in [4.69, 9.17) is 23.2 Å². The molecule has 0 saturated carbocycles. The van der Waals surface area contributed by atoms with Gasteiger partial charge in [-0.2, -0.15) is 0 Å². The number of rotatable bonds is 7. The van der Waals surface area contributed by atoms with Gasteiger partial charge in [0.15, 0.2) is 0 Å². The van der Waals surface area contributed by atoms with Gasteiger partial charge in [-0.3, -0.25) is 14.5 Å². The zero-order valence-corrected chi connectivity index (χ0v) is 16.8. The monoisotopic (exact) mass is 399 g/mol. The minimum Gasteiger partial charge on any atom is -0.342 e. The molecule has 1 aliphatic rings. The van der Waals surface area contributed by atoms with Crippen molar-refractivity contribution in [2.45, 2.75) is 39.0 Å². The highest BCUT2D eigenvalue weighted by Gasteiger charge is 2.20. The Morgan fingerprint density at radius 1 is 1.12 bits per heavy atom. The minimum absolute atomic E-state index is 0.109. The molecular formula is C19H27Cl2N3O2. The molecule has 7 heteroatoms. The maximum atomic E-state index is 12.6. The second kappa shape index (κ2) is 10.8. The van der Waals surface area contributed by atoms with Crippen molar-refractivity contribution < 1.29 is 9.59 Å². The molecule has 1 N–H and O–H groups in total. The maximum Gasteiger partial charge on any atom is 0.238 e. The number of benzene rings is 1. The molecular weight excluding hydrogens is 373 g/mol. The van der Waals surface area contributed by atoms with Crippen molar-refractivity contribution in [3.8, 4) is 0 Å². The molecule has 144 valence electrons. The van der Waals surface area contributed by atoms with E-state index < -0.39 is 0 Å². The standard InChI is InChI=1S/C19H27Cl2N3O2/c1-2-9-23(14-19(26)24-10-5-3-4-6-11-24)13-18(25)22-17-8-7-15(20)12-16(17)21/h7-8,12H,2-6,9-11,13-14H2,1H3,(H,22,25). The summed E-state index contributed by atoms with van der Waals surface area (Å²) in [5.74, 6) is -0.0796. The molecule has 1 saturated heterocycles. The number of carbonyl (C=O) groups excluding carboxylic acids is 2. The summed E-state index contributed by atoms with van der Waals surface area (Å²) in [4.78, 5) is 28.8.